The first-order valence-corrected chi connectivity index (χ1v) is 7.32. The average Bonchev–Trinajstić information content (AvgIpc) is 2.33. The van der Waals surface area contributed by atoms with Gasteiger partial charge in [-0.1, -0.05) is 57.5 Å². The van der Waals surface area contributed by atoms with Gasteiger partial charge in [-0.2, -0.15) is 0 Å². The molecule has 1 aromatic carbocycles. The van der Waals surface area contributed by atoms with Crippen molar-refractivity contribution in [3.8, 4) is 0 Å². The lowest BCUT2D eigenvalue weighted by atomic mass is 9.86. The first-order valence-electron chi connectivity index (χ1n) is 7.32. The molecule has 0 fully saturated rings. The molecule has 106 valence electrons. The van der Waals surface area contributed by atoms with Gasteiger partial charge in [0, 0.05) is 6.04 Å². The van der Waals surface area contributed by atoms with Crippen LogP contribution in [0.2, 0.25) is 0 Å². The smallest absolute Gasteiger partial charge is 0.0323 e. The van der Waals surface area contributed by atoms with E-state index in [4.69, 9.17) is 0 Å². The van der Waals surface area contributed by atoms with E-state index in [0.717, 1.165) is 19.4 Å². The van der Waals surface area contributed by atoms with Crippen LogP contribution in [0.5, 0.6) is 0 Å². The number of hydrogen-bond acceptors (Lipinski definition) is 1. The van der Waals surface area contributed by atoms with E-state index in [2.05, 4.69) is 70.8 Å². The highest BCUT2D eigenvalue weighted by Crippen LogP contribution is 2.26. The average molecular weight is 259 g/mol. The number of nitrogens with one attached hydrogen (secondary N) is 1. The molecule has 1 nitrogen and oxygen atoms in total. The van der Waals surface area contributed by atoms with E-state index < -0.39 is 0 Å². The Morgan fingerprint density at radius 3 is 2.21 bits per heavy atom. The predicted molar refractivity (Wildman–Crippen MR) is 85.6 cm³/mol. The van der Waals surface area contributed by atoms with E-state index in [9.17, 15) is 0 Å². The summed E-state index contributed by atoms with van der Waals surface area (Å²) >= 11 is 0. The Kier molecular flexibility index (Phi) is 5.81. The van der Waals surface area contributed by atoms with Crippen LogP contribution in [0.3, 0.4) is 0 Å². The molecule has 1 unspecified atom stereocenters. The van der Waals surface area contributed by atoms with Crippen molar-refractivity contribution in [3.05, 3.63) is 47.5 Å². The Hall–Kier alpha value is -1.08. The normalized spacial score (nSPS) is 13.3. The Balaban J connectivity index is 2.82. The highest BCUT2D eigenvalue weighted by Gasteiger charge is 2.15. The molecule has 0 amide bonds. The summed E-state index contributed by atoms with van der Waals surface area (Å²) in [6.07, 6.45) is 2.21. The molecule has 0 saturated carbocycles. The van der Waals surface area contributed by atoms with Crippen LogP contribution in [0.1, 0.15) is 64.6 Å². The molecule has 0 aliphatic rings. The number of allylic oxidation sites excluding steroid dienone is 1. The van der Waals surface area contributed by atoms with Crippen LogP contribution in [-0.2, 0) is 5.41 Å². The Morgan fingerprint density at radius 1 is 1.21 bits per heavy atom. The summed E-state index contributed by atoms with van der Waals surface area (Å²) in [5.41, 5.74) is 4.26. The minimum Gasteiger partial charge on any atom is -0.310 e. The Labute approximate surface area is 119 Å². The highest BCUT2D eigenvalue weighted by molar-refractivity contribution is 5.29. The van der Waals surface area contributed by atoms with Crippen molar-refractivity contribution >= 4 is 0 Å². The van der Waals surface area contributed by atoms with Crippen LogP contribution in [0, 0.1) is 0 Å². The van der Waals surface area contributed by atoms with E-state index in [0.29, 0.717) is 6.04 Å². The van der Waals surface area contributed by atoms with E-state index in [1.807, 2.05) is 0 Å². The third kappa shape index (κ3) is 5.20. The van der Waals surface area contributed by atoms with Gasteiger partial charge < -0.3 is 5.32 Å². The lowest BCUT2D eigenvalue weighted by Gasteiger charge is -2.22. The fraction of sp³-hybridized carbons (Fsp3) is 0.556. The molecule has 1 N–H and O–H groups in total. The maximum atomic E-state index is 4.00. The number of hydrogen-bond donors (Lipinski definition) is 1. The van der Waals surface area contributed by atoms with Crippen molar-refractivity contribution in [2.24, 2.45) is 0 Å². The molecule has 19 heavy (non-hydrogen) atoms. The Morgan fingerprint density at radius 2 is 1.79 bits per heavy atom. The lowest BCUT2D eigenvalue weighted by Crippen LogP contribution is -2.21. The molecular formula is C18H29N. The minimum atomic E-state index is 0.226. The third-order valence-corrected chi connectivity index (χ3v) is 3.49. The quantitative estimate of drug-likeness (QED) is 0.710. The molecule has 0 heterocycles. The van der Waals surface area contributed by atoms with Crippen molar-refractivity contribution < 1.29 is 0 Å². The van der Waals surface area contributed by atoms with Gasteiger partial charge in [0.15, 0.2) is 0 Å². The number of rotatable bonds is 6. The van der Waals surface area contributed by atoms with Crippen molar-refractivity contribution in [1.29, 1.82) is 0 Å². The topological polar surface area (TPSA) is 12.0 Å². The summed E-state index contributed by atoms with van der Waals surface area (Å²) in [7, 11) is 0. The van der Waals surface area contributed by atoms with Crippen molar-refractivity contribution in [2.45, 2.75) is 58.9 Å². The van der Waals surface area contributed by atoms with Crippen molar-refractivity contribution in [2.75, 3.05) is 6.54 Å². The molecular weight excluding hydrogens is 230 g/mol. The lowest BCUT2D eigenvalue weighted by molar-refractivity contribution is 0.513. The second-order valence-electron chi connectivity index (χ2n) is 6.48. The molecule has 0 aliphatic heterocycles. The summed E-state index contributed by atoms with van der Waals surface area (Å²) in [5.74, 6) is 0. The van der Waals surface area contributed by atoms with Crippen LogP contribution in [0.15, 0.2) is 36.4 Å². The van der Waals surface area contributed by atoms with Gasteiger partial charge in [-0.25, -0.2) is 0 Å². The maximum Gasteiger partial charge on any atom is 0.0323 e. The SMILES string of the molecule is C=C(C)CCC(NCC)c1ccc(C(C)(C)C)cc1. The fourth-order valence-electron chi connectivity index (χ4n) is 2.24. The van der Waals surface area contributed by atoms with Crippen LogP contribution in [0.25, 0.3) is 0 Å². The van der Waals surface area contributed by atoms with Crippen molar-refractivity contribution in [3.63, 3.8) is 0 Å². The zero-order valence-electron chi connectivity index (χ0n) is 13.2. The van der Waals surface area contributed by atoms with Gasteiger partial charge in [-0.15, -0.1) is 6.58 Å². The monoisotopic (exact) mass is 259 g/mol. The van der Waals surface area contributed by atoms with Gasteiger partial charge in [0.1, 0.15) is 0 Å². The molecule has 0 saturated heterocycles. The molecule has 1 atom stereocenters. The minimum absolute atomic E-state index is 0.226. The fourth-order valence-corrected chi connectivity index (χ4v) is 2.24. The van der Waals surface area contributed by atoms with Gasteiger partial charge >= 0.3 is 0 Å². The molecule has 1 heteroatoms. The summed E-state index contributed by atoms with van der Waals surface area (Å²) in [6, 6.07) is 9.51. The van der Waals surface area contributed by atoms with Crippen LogP contribution in [-0.4, -0.2) is 6.54 Å². The summed E-state index contributed by atoms with van der Waals surface area (Å²) < 4.78 is 0. The molecule has 0 bridgehead atoms. The second-order valence-corrected chi connectivity index (χ2v) is 6.48. The third-order valence-electron chi connectivity index (χ3n) is 3.49. The summed E-state index contributed by atoms with van der Waals surface area (Å²) in [6.45, 7) is 16.0. The Bertz CT molecular complexity index is 395. The maximum absolute atomic E-state index is 4.00. The molecule has 1 aromatic rings. The van der Waals surface area contributed by atoms with Gasteiger partial charge in [-0.05, 0) is 42.9 Å². The van der Waals surface area contributed by atoms with E-state index in [-0.39, 0.29) is 5.41 Å². The largest absolute Gasteiger partial charge is 0.310 e. The van der Waals surface area contributed by atoms with Crippen molar-refractivity contribution in [1.82, 2.24) is 5.32 Å². The molecule has 0 spiro atoms. The van der Waals surface area contributed by atoms with Gasteiger partial charge in [0.25, 0.3) is 0 Å². The predicted octanol–water partition coefficient (Wildman–Crippen LogP) is 4.99. The summed E-state index contributed by atoms with van der Waals surface area (Å²) in [4.78, 5) is 0. The van der Waals surface area contributed by atoms with Gasteiger partial charge in [0.05, 0.1) is 0 Å². The van der Waals surface area contributed by atoms with Gasteiger partial charge in [0.2, 0.25) is 0 Å². The van der Waals surface area contributed by atoms with E-state index in [1.165, 1.54) is 16.7 Å². The first-order chi connectivity index (χ1) is 8.84. The molecule has 0 aromatic heterocycles. The summed E-state index contributed by atoms with van der Waals surface area (Å²) in [5, 5.41) is 3.57. The van der Waals surface area contributed by atoms with Gasteiger partial charge in [-0.3, -0.25) is 0 Å². The molecule has 0 radical (unpaired) electrons. The zero-order valence-corrected chi connectivity index (χ0v) is 13.2. The second kappa shape index (κ2) is 6.91. The van der Waals surface area contributed by atoms with E-state index >= 15 is 0 Å². The molecule has 1 rings (SSSR count). The van der Waals surface area contributed by atoms with Crippen LogP contribution >= 0.6 is 0 Å². The standard InChI is InChI=1S/C18H29N/c1-7-19-17(13-8-14(2)3)15-9-11-16(12-10-15)18(4,5)6/h9-12,17,19H,2,7-8,13H2,1,3-6H3. The molecule has 0 aliphatic carbocycles. The zero-order chi connectivity index (χ0) is 14.5. The highest BCUT2D eigenvalue weighted by atomic mass is 14.9. The van der Waals surface area contributed by atoms with Crippen LogP contribution < -0.4 is 5.32 Å². The van der Waals surface area contributed by atoms with Crippen LogP contribution in [0.4, 0.5) is 0 Å². The van der Waals surface area contributed by atoms with E-state index in [1.54, 1.807) is 0 Å². The first kappa shape index (κ1) is 16.0. The number of benzene rings is 1.